The van der Waals surface area contributed by atoms with Crippen LogP contribution < -0.4 is 4.74 Å². The van der Waals surface area contributed by atoms with Gasteiger partial charge in [-0.2, -0.15) is 0 Å². The molecule has 3 heteroatoms. The molecule has 0 saturated heterocycles. The average Bonchev–Trinajstić information content (AvgIpc) is 2.35. The predicted molar refractivity (Wildman–Crippen MR) is 79.7 cm³/mol. The van der Waals surface area contributed by atoms with Crippen molar-refractivity contribution in [1.82, 2.24) is 4.90 Å². The number of ether oxygens (including phenoxy) is 1. The lowest BCUT2D eigenvalue weighted by molar-refractivity contribution is 0.112. The molecule has 0 atom stereocenters. The predicted octanol–water partition coefficient (Wildman–Crippen LogP) is 2.76. The standard InChI is InChI=1S/C16H27NO2/c1-12-13(2)15(19-6)8-7-14(12)9-17(5)10-16(3,4)11-18/h7-8,18H,9-11H2,1-6H3. The fourth-order valence-electron chi connectivity index (χ4n) is 2.37. The van der Waals surface area contributed by atoms with E-state index in [1.165, 1.54) is 16.7 Å². The van der Waals surface area contributed by atoms with Crippen molar-refractivity contribution in [2.24, 2.45) is 5.41 Å². The summed E-state index contributed by atoms with van der Waals surface area (Å²) in [7, 11) is 3.80. The van der Waals surface area contributed by atoms with Gasteiger partial charge in [-0.15, -0.1) is 0 Å². The molecule has 1 aromatic carbocycles. The Labute approximate surface area is 117 Å². The smallest absolute Gasteiger partial charge is 0.122 e. The highest BCUT2D eigenvalue weighted by atomic mass is 16.5. The Balaban J connectivity index is 2.80. The minimum Gasteiger partial charge on any atom is -0.496 e. The maximum Gasteiger partial charge on any atom is 0.122 e. The lowest BCUT2D eigenvalue weighted by Gasteiger charge is -2.29. The Bertz CT molecular complexity index is 427. The fraction of sp³-hybridized carbons (Fsp3) is 0.625. The zero-order valence-electron chi connectivity index (χ0n) is 13.1. The number of aliphatic hydroxyl groups excluding tert-OH is 1. The van der Waals surface area contributed by atoms with Crippen molar-refractivity contribution in [1.29, 1.82) is 0 Å². The van der Waals surface area contributed by atoms with Crippen LogP contribution in [0.2, 0.25) is 0 Å². The molecule has 0 bridgehead atoms. The molecule has 0 saturated carbocycles. The lowest BCUT2D eigenvalue weighted by atomic mass is 9.94. The molecule has 1 aromatic rings. The largest absolute Gasteiger partial charge is 0.496 e. The molecule has 0 heterocycles. The van der Waals surface area contributed by atoms with Gasteiger partial charge in [0, 0.05) is 25.1 Å². The van der Waals surface area contributed by atoms with Crippen molar-refractivity contribution in [2.45, 2.75) is 34.2 Å². The van der Waals surface area contributed by atoms with Crippen LogP contribution >= 0.6 is 0 Å². The Hall–Kier alpha value is -1.06. The molecule has 0 radical (unpaired) electrons. The Morgan fingerprint density at radius 2 is 1.84 bits per heavy atom. The highest BCUT2D eigenvalue weighted by Crippen LogP contribution is 2.25. The highest BCUT2D eigenvalue weighted by Gasteiger charge is 2.19. The summed E-state index contributed by atoms with van der Waals surface area (Å²) in [6.07, 6.45) is 0. The van der Waals surface area contributed by atoms with Gasteiger partial charge in [0.25, 0.3) is 0 Å². The van der Waals surface area contributed by atoms with Crippen molar-refractivity contribution in [3.8, 4) is 5.75 Å². The van der Waals surface area contributed by atoms with Gasteiger partial charge in [0.15, 0.2) is 0 Å². The van der Waals surface area contributed by atoms with E-state index in [1.807, 2.05) is 6.07 Å². The second kappa shape index (κ2) is 6.40. The van der Waals surface area contributed by atoms with Gasteiger partial charge in [-0.1, -0.05) is 19.9 Å². The van der Waals surface area contributed by atoms with Crippen LogP contribution in [0.25, 0.3) is 0 Å². The first-order valence-electron chi connectivity index (χ1n) is 6.73. The minimum absolute atomic E-state index is 0.0653. The molecule has 0 aliphatic rings. The van der Waals surface area contributed by atoms with Crippen molar-refractivity contribution in [3.63, 3.8) is 0 Å². The molecule has 0 spiro atoms. The summed E-state index contributed by atoms with van der Waals surface area (Å²) in [5, 5.41) is 9.33. The molecule has 0 fully saturated rings. The van der Waals surface area contributed by atoms with Gasteiger partial charge in [0.05, 0.1) is 7.11 Å². The third-order valence-electron chi connectivity index (χ3n) is 3.64. The van der Waals surface area contributed by atoms with E-state index in [0.29, 0.717) is 0 Å². The maximum atomic E-state index is 9.33. The molecule has 0 aliphatic carbocycles. The van der Waals surface area contributed by atoms with Gasteiger partial charge < -0.3 is 14.7 Å². The van der Waals surface area contributed by atoms with E-state index in [1.54, 1.807) is 7.11 Å². The minimum atomic E-state index is -0.0653. The zero-order chi connectivity index (χ0) is 14.6. The first-order chi connectivity index (χ1) is 8.80. The molecular weight excluding hydrogens is 238 g/mol. The summed E-state index contributed by atoms with van der Waals surface area (Å²) in [6, 6.07) is 4.16. The molecule has 19 heavy (non-hydrogen) atoms. The SMILES string of the molecule is COc1ccc(CN(C)CC(C)(C)CO)c(C)c1C. The van der Waals surface area contributed by atoms with E-state index in [0.717, 1.165) is 18.8 Å². The van der Waals surface area contributed by atoms with Gasteiger partial charge in [-0.25, -0.2) is 0 Å². The van der Waals surface area contributed by atoms with Gasteiger partial charge in [-0.3, -0.25) is 0 Å². The number of benzene rings is 1. The van der Waals surface area contributed by atoms with Gasteiger partial charge in [0.2, 0.25) is 0 Å². The third kappa shape index (κ3) is 4.22. The van der Waals surface area contributed by atoms with Crippen LogP contribution in [0.5, 0.6) is 5.75 Å². The first kappa shape index (κ1) is 16.0. The fourth-order valence-corrected chi connectivity index (χ4v) is 2.37. The van der Waals surface area contributed by atoms with E-state index in [9.17, 15) is 5.11 Å². The number of hydrogen-bond donors (Lipinski definition) is 1. The van der Waals surface area contributed by atoms with Crippen molar-refractivity contribution in [2.75, 3.05) is 27.3 Å². The molecular formula is C16H27NO2. The first-order valence-corrected chi connectivity index (χ1v) is 6.73. The number of rotatable bonds is 6. The van der Waals surface area contributed by atoms with Crippen LogP contribution in [0.15, 0.2) is 12.1 Å². The summed E-state index contributed by atoms with van der Waals surface area (Å²) < 4.78 is 5.34. The zero-order valence-corrected chi connectivity index (χ0v) is 13.1. The van der Waals surface area contributed by atoms with Crippen LogP contribution in [0.4, 0.5) is 0 Å². The van der Waals surface area contributed by atoms with Crippen LogP contribution in [0.3, 0.4) is 0 Å². The summed E-state index contributed by atoms with van der Waals surface area (Å²) in [5.74, 6) is 0.944. The Morgan fingerprint density at radius 1 is 1.21 bits per heavy atom. The van der Waals surface area contributed by atoms with Crippen molar-refractivity contribution >= 4 is 0 Å². The van der Waals surface area contributed by atoms with Crippen LogP contribution in [-0.2, 0) is 6.54 Å². The second-order valence-electron chi connectivity index (χ2n) is 6.17. The summed E-state index contributed by atoms with van der Waals surface area (Å²) in [6.45, 7) is 10.4. The maximum absolute atomic E-state index is 9.33. The van der Waals surface area contributed by atoms with Crippen LogP contribution in [0, 0.1) is 19.3 Å². The van der Waals surface area contributed by atoms with Crippen molar-refractivity contribution in [3.05, 3.63) is 28.8 Å². The Kier molecular flexibility index (Phi) is 5.39. The highest BCUT2D eigenvalue weighted by molar-refractivity contribution is 5.43. The van der Waals surface area contributed by atoms with E-state index in [2.05, 4.69) is 45.7 Å². The lowest BCUT2D eigenvalue weighted by Crippen LogP contribution is -2.33. The van der Waals surface area contributed by atoms with E-state index >= 15 is 0 Å². The molecule has 0 aliphatic heterocycles. The van der Waals surface area contributed by atoms with Crippen LogP contribution in [-0.4, -0.2) is 37.3 Å². The van der Waals surface area contributed by atoms with Crippen molar-refractivity contribution < 1.29 is 9.84 Å². The van der Waals surface area contributed by atoms with E-state index in [-0.39, 0.29) is 12.0 Å². The number of hydrogen-bond acceptors (Lipinski definition) is 3. The van der Waals surface area contributed by atoms with E-state index in [4.69, 9.17) is 4.74 Å². The van der Waals surface area contributed by atoms with Gasteiger partial charge >= 0.3 is 0 Å². The topological polar surface area (TPSA) is 32.7 Å². The normalized spacial score (nSPS) is 12.0. The van der Waals surface area contributed by atoms with E-state index < -0.39 is 0 Å². The monoisotopic (exact) mass is 265 g/mol. The quantitative estimate of drug-likeness (QED) is 0.858. The molecule has 0 amide bonds. The molecule has 1 rings (SSSR count). The molecule has 3 nitrogen and oxygen atoms in total. The number of aliphatic hydroxyl groups is 1. The van der Waals surface area contributed by atoms with Gasteiger partial charge in [-0.05, 0) is 43.7 Å². The average molecular weight is 265 g/mol. The summed E-state index contributed by atoms with van der Waals surface area (Å²) in [4.78, 5) is 2.25. The number of nitrogens with zero attached hydrogens (tertiary/aromatic N) is 1. The van der Waals surface area contributed by atoms with Crippen LogP contribution in [0.1, 0.15) is 30.5 Å². The molecule has 108 valence electrons. The summed E-state index contributed by atoms with van der Waals surface area (Å²) in [5.41, 5.74) is 3.74. The molecule has 0 unspecified atom stereocenters. The third-order valence-corrected chi connectivity index (χ3v) is 3.64. The Morgan fingerprint density at radius 3 is 2.37 bits per heavy atom. The molecule has 1 N–H and O–H groups in total. The second-order valence-corrected chi connectivity index (χ2v) is 6.17. The summed E-state index contributed by atoms with van der Waals surface area (Å²) >= 11 is 0. The molecule has 0 aromatic heterocycles. The number of methoxy groups -OCH3 is 1. The van der Waals surface area contributed by atoms with Gasteiger partial charge in [0.1, 0.15) is 5.75 Å².